The van der Waals surface area contributed by atoms with E-state index >= 15 is 0 Å². The predicted octanol–water partition coefficient (Wildman–Crippen LogP) is 3.09. The maximum absolute atomic E-state index is 13.1. The minimum Gasteiger partial charge on any atom is -0.497 e. The van der Waals surface area contributed by atoms with Crippen molar-refractivity contribution in [3.63, 3.8) is 0 Å². The van der Waals surface area contributed by atoms with Crippen LogP contribution in [0, 0.1) is 0 Å². The molecular formula is C26H29N5O4. The maximum Gasteiger partial charge on any atom is 0.290 e. The van der Waals surface area contributed by atoms with Crippen molar-refractivity contribution < 1.29 is 18.7 Å². The fourth-order valence-electron chi connectivity index (χ4n) is 4.37. The molecule has 182 valence electrons. The van der Waals surface area contributed by atoms with Crippen LogP contribution in [0.25, 0.3) is 11.3 Å². The molecule has 5 rings (SSSR count). The lowest BCUT2D eigenvalue weighted by atomic mass is 10.1. The third kappa shape index (κ3) is 5.29. The number of hydrogen-bond donors (Lipinski definition) is 0. The van der Waals surface area contributed by atoms with Crippen LogP contribution in [-0.2, 0) is 4.79 Å². The van der Waals surface area contributed by atoms with Crippen LogP contribution in [0.4, 0.5) is 5.82 Å². The number of carbonyl (C=O) groups excluding carboxylic acids is 2. The fourth-order valence-corrected chi connectivity index (χ4v) is 4.37. The van der Waals surface area contributed by atoms with Crippen LogP contribution in [0.3, 0.4) is 0 Å². The summed E-state index contributed by atoms with van der Waals surface area (Å²) in [7, 11) is 1.64. The molecule has 9 heteroatoms. The molecule has 0 spiro atoms. The molecule has 2 aliphatic rings. The van der Waals surface area contributed by atoms with E-state index in [0.29, 0.717) is 19.6 Å². The summed E-state index contributed by atoms with van der Waals surface area (Å²) < 4.78 is 10.6. The number of ether oxygens (including phenoxy) is 1. The minimum atomic E-state index is -0.214. The number of nitrogens with zero attached hydrogens (tertiary/aromatic N) is 5. The number of anilines is 1. The van der Waals surface area contributed by atoms with E-state index in [-0.39, 0.29) is 30.2 Å². The first-order valence-electron chi connectivity index (χ1n) is 12.0. The lowest BCUT2D eigenvalue weighted by molar-refractivity contribution is -0.131. The summed E-state index contributed by atoms with van der Waals surface area (Å²) in [4.78, 5) is 31.6. The summed E-state index contributed by atoms with van der Waals surface area (Å²) >= 11 is 0. The molecule has 1 aliphatic carbocycles. The van der Waals surface area contributed by atoms with Crippen molar-refractivity contribution in [2.75, 3.05) is 44.7 Å². The highest BCUT2D eigenvalue weighted by Crippen LogP contribution is 2.28. The molecule has 0 unspecified atom stereocenters. The molecule has 0 atom stereocenters. The van der Waals surface area contributed by atoms with E-state index in [1.54, 1.807) is 24.1 Å². The average Bonchev–Trinajstić information content (AvgIpc) is 3.65. The number of rotatable bonds is 7. The van der Waals surface area contributed by atoms with E-state index in [0.717, 1.165) is 48.6 Å². The SMILES string of the molecule is COc1cccc(-c2ccc(N3CCCN(C(=O)CN(C(=O)c4ccco4)C4CC4)CC3)nn2)c1. The highest BCUT2D eigenvalue weighted by atomic mass is 16.5. The number of aromatic nitrogens is 2. The molecule has 0 radical (unpaired) electrons. The molecule has 1 aliphatic heterocycles. The summed E-state index contributed by atoms with van der Waals surface area (Å²) in [5, 5.41) is 8.86. The highest BCUT2D eigenvalue weighted by Gasteiger charge is 2.36. The lowest BCUT2D eigenvalue weighted by Gasteiger charge is -2.26. The number of methoxy groups -OCH3 is 1. The second-order valence-electron chi connectivity index (χ2n) is 8.87. The van der Waals surface area contributed by atoms with Crippen LogP contribution in [0.1, 0.15) is 29.8 Å². The standard InChI is InChI=1S/C26H29N5O4/c1-34-21-6-2-5-19(17-21)22-10-11-24(28-27-22)29-12-4-13-30(15-14-29)25(32)18-31(20-8-9-20)26(33)23-7-3-16-35-23/h2-3,5-7,10-11,16-17,20H,4,8-9,12-15,18H2,1H3. The molecule has 2 fully saturated rings. The third-order valence-electron chi connectivity index (χ3n) is 6.47. The van der Waals surface area contributed by atoms with Gasteiger partial charge in [0.1, 0.15) is 12.3 Å². The lowest BCUT2D eigenvalue weighted by Crippen LogP contribution is -2.45. The Labute approximate surface area is 204 Å². The average molecular weight is 476 g/mol. The van der Waals surface area contributed by atoms with E-state index < -0.39 is 0 Å². The maximum atomic E-state index is 13.1. The van der Waals surface area contributed by atoms with Crippen molar-refractivity contribution in [2.24, 2.45) is 0 Å². The first-order valence-corrected chi connectivity index (χ1v) is 12.0. The Balaban J connectivity index is 1.20. The van der Waals surface area contributed by atoms with E-state index in [9.17, 15) is 9.59 Å². The molecule has 1 aromatic carbocycles. The van der Waals surface area contributed by atoms with Crippen molar-refractivity contribution in [3.05, 3.63) is 60.6 Å². The van der Waals surface area contributed by atoms with E-state index in [4.69, 9.17) is 9.15 Å². The van der Waals surface area contributed by atoms with Crippen LogP contribution < -0.4 is 9.64 Å². The third-order valence-corrected chi connectivity index (χ3v) is 6.47. The van der Waals surface area contributed by atoms with E-state index in [1.165, 1.54) is 6.26 Å². The van der Waals surface area contributed by atoms with Gasteiger partial charge in [-0.05, 0) is 55.7 Å². The molecule has 1 saturated carbocycles. The molecular weight excluding hydrogens is 446 g/mol. The monoisotopic (exact) mass is 475 g/mol. The Bertz CT molecular complexity index is 1160. The largest absolute Gasteiger partial charge is 0.497 e. The predicted molar refractivity (Wildman–Crippen MR) is 130 cm³/mol. The molecule has 1 saturated heterocycles. The van der Waals surface area contributed by atoms with Gasteiger partial charge in [-0.3, -0.25) is 9.59 Å². The molecule has 3 heterocycles. The molecule has 35 heavy (non-hydrogen) atoms. The van der Waals surface area contributed by atoms with Gasteiger partial charge in [-0.25, -0.2) is 0 Å². The Hall–Kier alpha value is -3.88. The van der Waals surface area contributed by atoms with Gasteiger partial charge in [0, 0.05) is 37.8 Å². The van der Waals surface area contributed by atoms with E-state index in [1.807, 2.05) is 41.3 Å². The van der Waals surface area contributed by atoms with Gasteiger partial charge in [-0.2, -0.15) is 0 Å². The van der Waals surface area contributed by atoms with Crippen molar-refractivity contribution in [2.45, 2.75) is 25.3 Å². The Morgan fingerprint density at radius 3 is 2.66 bits per heavy atom. The zero-order valence-electron chi connectivity index (χ0n) is 19.8. The van der Waals surface area contributed by atoms with Gasteiger partial charge < -0.3 is 23.9 Å². The number of carbonyl (C=O) groups is 2. The van der Waals surface area contributed by atoms with Gasteiger partial charge in [0.15, 0.2) is 11.6 Å². The Morgan fingerprint density at radius 2 is 1.94 bits per heavy atom. The van der Waals surface area contributed by atoms with Crippen molar-refractivity contribution in [3.8, 4) is 17.0 Å². The molecule has 2 amide bonds. The number of amides is 2. The Kier molecular flexibility index (Phi) is 6.65. The van der Waals surface area contributed by atoms with Crippen LogP contribution in [0.15, 0.2) is 59.2 Å². The van der Waals surface area contributed by atoms with Crippen molar-refractivity contribution >= 4 is 17.6 Å². The van der Waals surface area contributed by atoms with Crippen LogP contribution in [0.5, 0.6) is 5.75 Å². The molecule has 0 bridgehead atoms. The summed E-state index contributed by atoms with van der Waals surface area (Å²) in [6.45, 7) is 2.76. The normalized spacial score (nSPS) is 16.0. The van der Waals surface area contributed by atoms with Crippen LogP contribution in [0.2, 0.25) is 0 Å². The molecule has 9 nitrogen and oxygen atoms in total. The molecule has 0 N–H and O–H groups in total. The Morgan fingerprint density at radius 1 is 1.06 bits per heavy atom. The molecule has 2 aromatic heterocycles. The fraction of sp³-hybridized carbons (Fsp3) is 0.385. The summed E-state index contributed by atoms with van der Waals surface area (Å²) in [5.41, 5.74) is 1.72. The van der Waals surface area contributed by atoms with Gasteiger partial charge in [0.25, 0.3) is 5.91 Å². The number of benzene rings is 1. The van der Waals surface area contributed by atoms with Crippen molar-refractivity contribution in [1.29, 1.82) is 0 Å². The zero-order valence-corrected chi connectivity index (χ0v) is 19.8. The van der Waals surface area contributed by atoms with E-state index in [2.05, 4.69) is 15.1 Å². The number of furan rings is 1. The first-order chi connectivity index (χ1) is 17.1. The first kappa shape index (κ1) is 22.9. The summed E-state index contributed by atoms with van der Waals surface area (Å²) in [6, 6.07) is 15.1. The highest BCUT2D eigenvalue weighted by molar-refractivity contribution is 5.94. The summed E-state index contributed by atoms with van der Waals surface area (Å²) in [5.74, 6) is 1.60. The summed E-state index contributed by atoms with van der Waals surface area (Å²) in [6.07, 6.45) is 4.16. The van der Waals surface area contributed by atoms with Crippen LogP contribution in [-0.4, -0.2) is 77.7 Å². The van der Waals surface area contributed by atoms with Crippen LogP contribution >= 0.6 is 0 Å². The minimum absolute atomic E-state index is 0.0295. The van der Waals surface area contributed by atoms with Gasteiger partial charge >= 0.3 is 0 Å². The van der Waals surface area contributed by atoms with Gasteiger partial charge in [-0.15, -0.1) is 10.2 Å². The topological polar surface area (TPSA) is 92.0 Å². The van der Waals surface area contributed by atoms with Gasteiger partial charge in [0.05, 0.1) is 19.1 Å². The second kappa shape index (κ2) is 10.2. The quantitative estimate of drug-likeness (QED) is 0.519. The molecule has 3 aromatic rings. The second-order valence-corrected chi connectivity index (χ2v) is 8.87. The van der Waals surface area contributed by atoms with Gasteiger partial charge in [0.2, 0.25) is 5.91 Å². The number of hydrogen-bond acceptors (Lipinski definition) is 7. The van der Waals surface area contributed by atoms with Crippen molar-refractivity contribution in [1.82, 2.24) is 20.0 Å². The van der Waals surface area contributed by atoms with Gasteiger partial charge in [-0.1, -0.05) is 12.1 Å². The zero-order chi connectivity index (χ0) is 24.2. The smallest absolute Gasteiger partial charge is 0.290 e.